The second kappa shape index (κ2) is 11.9. The summed E-state index contributed by atoms with van der Waals surface area (Å²) in [5.41, 5.74) is 1.66. The highest BCUT2D eigenvalue weighted by molar-refractivity contribution is 6.01. The van der Waals surface area contributed by atoms with Crippen LogP contribution in [0.1, 0.15) is 52.0 Å². The van der Waals surface area contributed by atoms with Crippen LogP contribution in [-0.4, -0.2) is 18.6 Å². The van der Waals surface area contributed by atoms with Crippen LogP contribution in [0, 0.1) is 0 Å². The molecule has 28 heavy (non-hydrogen) atoms. The van der Waals surface area contributed by atoms with Gasteiger partial charge < -0.3 is 14.8 Å². The second-order valence-corrected chi connectivity index (χ2v) is 7.00. The lowest BCUT2D eigenvalue weighted by molar-refractivity contribution is -0.111. The van der Waals surface area contributed by atoms with Crippen LogP contribution < -0.4 is 14.8 Å². The lowest BCUT2D eigenvalue weighted by atomic mass is 10.2. The molecule has 1 amide bonds. The van der Waals surface area contributed by atoms with Crippen molar-refractivity contribution in [3.05, 3.63) is 60.2 Å². The molecular formula is C24H31NO3. The fourth-order valence-corrected chi connectivity index (χ4v) is 2.67. The molecule has 0 fully saturated rings. The van der Waals surface area contributed by atoms with E-state index in [2.05, 4.69) is 12.2 Å². The fraction of sp³-hybridized carbons (Fsp3) is 0.375. The van der Waals surface area contributed by atoms with Gasteiger partial charge in [-0.05, 0) is 68.3 Å². The highest BCUT2D eigenvalue weighted by Crippen LogP contribution is 2.18. The van der Waals surface area contributed by atoms with Gasteiger partial charge in [0.25, 0.3) is 0 Å². The summed E-state index contributed by atoms with van der Waals surface area (Å²) in [5, 5.41) is 2.86. The van der Waals surface area contributed by atoms with E-state index in [1.165, 1.54) is 25.3 Å². The standard InChI is InChI=1S/C24H31NO3/c1-4-5-6-7-17-27-22-14-12-21(13-15-22)25-24(26)16-11-20-9-8-10-23(18-20)28-19(2)3/h8-16,18-19H,4-7,17H2,1-3H3,(H,25,26)/b16-11+. The molecule has 0 saturated carbocycles. The van der Waals surface area contributed by atoms with Crippen LogP contribution >= 0.6 is 0 Å². The largest absolute Gasteiger partial charge is 0.494 e. The Kier molecular flexibility index (Phi) is 9.13. The SMILES string of the molecule is CCCCCCOc1ccc(NC(=O)/C=C/c2cccc(OC(C)C)c2)cc1. The highest BCUT2D eigenvalue weighted by atomic mass is 16.5. The first-order chi connectivity index (χ1) is 13.6. The fourth-order valence-electron chi connectivity index (χ4n) is 2.67. The first kappa shape index (κ1) is 21.5. The number of ether oxygens (including phenoxy) is 2. The van der Waals surface area contributed by atoms with Gasteiger partial charge in [0, 0.05) is 11.8 Å². The third-order valence-corrected chi connectivity index (χ3v) is 4.05. The molecule has 0 radical (unpaired) electrons. The van der Waals surface area contributed by atoms with Crippen LogP contribution in [0.3, 0.4) is 0 Å². The molecule has 0 unspecified atom stereocenters. The predicted octanol–water partition coefficient (Wildman–Crippen LogP) is 6.08. The van der Waals surface area contributed by atoms with E-state index in [0.29, 0.717) is 0 Å². The summed E-state index contributed by atoms with van der Waals surface area (Å²) in [6.07, 6.45) is 8.15. The van der Waals surface area contributed by atoms with Crippen molar-refractivity contribution in [3.8, 4) is 11.5 Å². The molecular weight excluding hydrogens is 350 g/mol. The van der Waals surface area contributed by atoms with E-state index in [9.17, 15) is 4.79 Å². The Balaban J connectivity index is 1.81. The zero-order valence-corrected chi connectivity index (χ0v) is 17.1. The molecule has 2 aromatic rings. The molecule has 0 heterocycles. The summed E-state index contributed by atoms with van der Waals surface area (Å²) in [6.45, 7) is 6.90. The van der Waals surface area contributed by atoms with E-state index < -0.39 is 0 Å². The normalized spacial score (nSPS) is 11.0. The molecule has 2 aromatic carbocycles. The minimum Gasteiger partial charge on any atom is -0.494 e. The average molecular weight is 382 g/mol. The maximum absolute atomic E-state index is 12.1. The van der Waals surface area contributed by atoms with Crippen molar-refractivity contribution >= 4 is 17.7 Å². The number of benzene rings is 2. The van der Waals surface area contributed by atoms with Crippen LogP contribution in [0.5, 0.6) is 11.5 Å². The van der Waals surface area contributed by atoms with Gasteiger partial charge >= 0.3 is 0 Å². The number of hydrogen-bond donors (Lipinski definition) is 1. The minimum absolute atomic E-state index is 0.117. The lowest BCUT2D eigenvalue weighted by Gasteiger charge is -2.09. The molecule has 0 aromatic heterocycles. The Morgan fingerprint density at radius 3 is 2.54 bits per heavy atom. The van der Waals surface area contributed by atoms with Crippen molar-refractivity contribution in [3.63, 3.8) is 0 Å². The van der Waals surface area contributed by atoms with E-state index in [-0.39, 0.29) is 12.0 Å². The van der Waals surface area contributed by atoms with Gasteiger partial charge in [-0.1, -0.05) is 38.3 Å². The number of rotatable bonds is 11. The number of carbonyl (C=O) groups is 1. The number of anilines is 1. The third kappa shape index (κ3) is 8.30. The van der Waals surface area contributed by atoms with Crippen LogP contribution in [0.15, 0.2) is 54.6 Å². The molecule has 0 bridgehead atoms. The van der Waals surface area contributed by atoms with Gasteiger partial charge in [0.05, 0.1) is 12.7 Å². The van der Waals surface area contributed by atoms with Gasteiger partial charge in [-0.3, -0.25) is 4.79 Å². The number of unbranched alkanes of at least 4 members (excludes halogenated alkanes) is 3. The molecule has 0 aliphatic heterocycles. The first-order valence-corrected chi connectivity index (χ1v) is 10.1. The molecule has 0 spiro atoms. The van der Waals surface area contributed by atoms with Crippen LogP contribution in [0.25, 0.3) is 6.08 Å². The molecule has 4 nitrogen and oxygen atoms in total. The van der Waals surface area contributed by atoms with E-state index >= 15 is 0 Å². The van der Waals surface area contributed by atoms with Gasteiger partial charge in [0.1, 0.15) is 11.5 Å². The monoisotopic (exact) mass is 381 g/mol. The third-order valence-electron chi connectivity index (χ3n) is 4.05. The van der Waals surface area contributed by atoms with Crippen LogP contribution in [-0.2, 0) is 4.79 Å². The zero-order valence-electron chi connectivity index (χ0n) is 17.1. The molecule has 2 rings (SSSR count). The van der Waals surface area contributed by atoms with Crippen molar-refractivity contribution in [2.24, 2.45) is 0 Å². The maximum Gasteiger partial charge on any atom is 0.248 e. The summed E-state index contributed by atoms with van der Waals surface area (Å²) >= 11 is 0. The Morgan fingerprint density at radius 1 is 1.04 bits per heavy atom. The Morgan fingerprint density at radius 2 is 1.82 bits per heavy atom. The van der Waals surface area contributed by atoms with Crippen LogP contribution in [0.2, 0.25) is 0 Å². The van der Waals surface area contributed by atoms with Gasteiger partial charge in [0.2, 0.25) is 5.91 Å². The summed E-state index contributed by atoms with van der Waals surface area (Å²) in [6, 6.07) is 15.1. The number of hydrogen-bond acceptors (Lipinski definition) is 3. The lowest BCUT2D eigenvalue weighted by Crippen LogP contribution is -2.07. The summed E-state index contributed by atoms with van der Waals surface area (Å²) in [4.78, 5) is 12.1. The van der Waals surface area contributed by atoms with E-state index in [0.717, 1.165) is 35.8 Å². The average Bonchev–Trinajstić information content (AvgIpc) is 2.67. The first-order valence-electron chi connectivity index (χ1n) is 10.1. The van der Waals surface area contributed by atoms with Crippen molar-refractivity contribution in [1.82, 2.24) is 0 Å². The van der Waals surface area contributed by atoms with Crippen molar-refractivity contribution in [2.45, 2.75) is 52.6 Å². The summed E-state index contributed by atoms with van der Waals surface area (Å²) < 4.78 is 11.4. The highest BCUT2D eigenvalue weighted by Gasteiger charge is 2.01. The van der Waals surface area contributed by atoms with Crippen LogP contribution in [0.4, 0.5) is 5.69 Å². The van der Waals surface area contributed by atoms with Crippen molar-refractivity contribution in [1.29, 1.82) is 0 Å². The topological polar surface area (TPSA) is 47.6 Å². The molecule has 4 heteroatoms. The van der Waals surface area contributed by atoms with Crippen molar-refractivity contribution < 1.29 is 14.3 Å². The molecule has 0 atom stereocenters. The quantitative estimate of drug-likeness (QED) is 0.379. The van der Waals surface area contributed by atoms with E-state index in [1.807, 2.05) is 62.4 Å². The Hall–Kier alpha value is -2.75. The second-order valence-electron chi connectivity index (χ2n) is 7.00. The zero-order chi connectivity index (χ0) is 20.2. The van der Waals surface area contributed by atoms with Gasteiger partial charge in [-0.2, -0.15) is 0 Å². The number of carbonyl (C=O) groups excluding carboxylic acids is 1. The molecule has 150 valence electrons. The summed E-state index contributed by atoms with van der Waals surface area (Å²) in [5.74, 6) is 1.44. The Labute approximate surface area is 168 Å². The van der Waals surface area contributed by atoms with Gasteiger partial charge in [-0.25, -0.2) is 0 Å². The molecule has 0 aliphatic carbocycles. The predicted molar refractivity (Wildman–Crippen MR) is 116 cm³/mol. The number of nitrogens with one attached hydrogen (secondary N) is 1. The smallest absolute Gasteiger partial charge is 0.248 e. The van der Waals surface area contributed by atoms with E-state index in [4.69, 9.17) is 9.47 Å². The number of amides is 1. The van der Waals surface area contributed by atoms with E-state index in [1.54, 1.807) is 6.08 Å². The molecule has 1 N–H and O–H groups in total. The maximum atomic E-state index is 12.1. The van der Waals surface area contributed by atoms with Gasteiger partial charge in [0.15, 0.2) is 0 Å². The van der Waals surface area contributed by atoms with Crippen molar-refractivity contribution in [2.75, 3.05) is 11.9 Å². The molecule has 0 aliphatic rings. The minimum atomic E-state index is -0.177. The summed E-state index contributed by atoms with van der Waals surface area (Å²) in [7, 11) is 0. The van der Waals surface area contributed by atoms with Gasteiger partial charge in [-0.15, -0.1) is 0 Å². The molecule has 0 saturated heterocycles. The Bertz CT molecular complexity index is 751.